The molecule has 1 aromatic carbocycles. The third-order valence-corrected chi connectivity index (χ3v) is 4.46. The Kier molecular flexibility index (Phi) is 5.42. The highest BCUT2D eigenvalue weighted by Gasteiger charge is 2.39. The minimum Gasteiger partial charge on any atom is -0.390 e. The molecule has 0 amide bonds. The summed E-state index contributed by atoms with van der Waals surface area (Å²) in [5.41, 5.74) is 0.285. The van der Waals surface area contributed by atoms with Crippen LogP contribution in [-0.4, -0.2) is 23.4 Å². The molecule has 20 heavy (non-hydrogen) atoms. The first-order chi connectivity index (χ1) is 9.57. The Morgan fingerprint density at radius 1 is 1.35 bits per heavy atom. The fourth-order valence-electron chi connectivity index (χ4n) is 3.09. The van der Waals surface area contributed by atoms with E-state index in [9.17, 15) is 9.50 Å². The minimum absolute atomic E-state index is 0.112. The monoisotopic (exact) mass is 300 g/mol. The van der Waals surface area contributed by atoms with Crippen molar-refractivity contribution in [3.05, 3.63) is 34.6 Å². The molecular weight excluding hydrogens is 279 g/mol. The zero-order valence-electron chi connectivity index (χ0n) is 11.9. The van der Waals surface area contributed by atoms with Crippen molar-refractivity contribution in [3.8, 4) is 0 Å². The fraction of sp³-hybridized carbons (Fsp3) is 0.625. The van der Waals surface area contributed by atoms with Crippen LogP contribution < -0.4 is 0 Å². The summed E-state index contributed by atoms with van der Waals surface area (Å²) in [6, 6.07) is 4.69. The zero-order chi connectivity index (χ0) is 14.6. The largest absolute Gasteiger partial charge is 0.390 e. The lowest BCUT2D eigenvalue weighted by Crippen LogP contribution is -2.47. The number of ether oxygens (including phenoxy) is 1. The van der Waals surface area contributed by atoms with Crippen LogP contribution in [0.2, 0.25) is 5.02 Å². The first kappa shape index (κ1) is 15.7. The van der Waals surface area contributed by atoms with Gasteiger partial charge in [-0.25, -0.2) is 4.39 Å². The van der Waals surface area contributed by atoms with E-state index in [1.807, 2.05) is 6.92 Å². The van der Waals surface area contributed by atoms with Crippen molar-refractivity contribution in [3.63, 3.8) is 0 Å². The quantitative estimate of drug-likeness (QED) is 0.886. The number of benzene rings is 1. The number of rotatable bonds is 5. The number of halogens is 2. The number of aliphatic hydroxyl groups is 1. The second-order valence-corrected chi connectivity index (χ2v) is 5.93. The summed E-state index contributed by atoms with van der Waals surface area (Å²) in [4.78, 5) is 0. The predicted molar refractivity (Wildman–Crippen MR) is 78.6 cm³/mol. The summed E-state index contributed by atoms with van der Waals surface area (Å²) in [6.45, 7) is 2.54. The average molecular weight is 301 g/mol. The summed E-state index contributed by atoms with van der Waals surface area (Å²) in [5, 5.41) is 10.7. The van der Waals surface area contributed by atoms with Crippen molar-refractivity contribution in [1.29, 1.82) is 0 Å². The minimum atomic E-state index is -0.608. The highest BCUT2D eigenvalue weighted by atomic mass is 35.5. The number of hydrogen-bond acceptors (Lipinski definition) is 2. The Morgan fingerprint density at radius 2 is 2.05 bits per heavy atom. The molecule has 4 heteroatoms. The summed E-state index contributed by atoms with van der Waals surface area (Å²) in [6.07, 6.45) is 4.88. The van der Waals surface area contributed by atoms with E-state index in [1.165, 1.54) is 18.6 Å². The second-order valence-electron chi connectivity index (χ2n) is 5.53. The molecule has 2 rings (SSSR count). The van der Waals surface area contributed by atoms with Crippen LogP contribution in [0.4, 0.5) is 4.39 Å². The SMILES string of the molecule is CCOC1(C(O)Cc2ccc(Cl)c(F)c2)CCCCC1. The Morgan fingerprint density at radius 3 is 2.65 bits per heavy atom. The van der Waals surface area contributed by atoms with Crippen LogP contribution in [0.15, 0.2) is 18.2 Å². The van der Waals surface area contributed by atoms with Gasteiger partial charge in [0, 0.05) is 13.0 Å². The third-order valence-electron chi connectivity index (χ3n) is 4.15. The summed E-state index contributed by atoms with van der Waals surface area (Å²) in [7, 11) is 0. The molecule has 0 aromatic heterocycles. The van der Waals surface area contributed by atoms with E-state index in [0.29, 0.717) is 13.0 Å². The van der Waals surface area contributed by atoms with Crippen molar-refractivity contribution < 1.29 is 14.2 Å². The highest BCUT2D eigenvalue weighted by molar-refractivity contribution is 6.30. The molecule has 0 saturated heterocycles. The van der Waals surface area contributed by atoms with Gasteiger partial charge in [-0.1, -0.05) is 36.9 Å². The number of aliphatic hydroxyl groups excluding tert-OH is 1. The summed E-state index contributed by atoms with van der Waals surface area (Å²) < 4.78 is 19.4. The van der Waals surface area contributed by atoms with Gasteiger partial charge in [-0.2, -0.15) is 0 Å². The maximum Gasteiger partial charge on any atom is 0.142 e. The maximum atomic E-state index is 13.5. The van der Waals surface area contributed by atoms with Crippen molar-refractivity contribution in [2.45, 2.75) is 57.2 Å². The molecule has 0 bridgehead atoms. The molecule has 112 valence electrons. The molecule has 0 radical (unpaired) electrons. The molecule has 1 aliphatic rings. The molecule has 1 aliphatic carbocycles. The molecule has 0 spiro atoms. The van der Waals surface area contributed by atoms with E-state index >= 15 is 0 Å². The molecule has 1 aromatic rings. The zero-order valence-corrected chi connectivity index (χ0v) is 12.6. The lowest BCUT2D eigenvalue weighted by molar-refractivity contribution is -0.138. The van der Waals surface area contributed by atoms with Gasteiger partial charge in [0.1, 0.15) is 5.82 Å². The van der Waals surface area contributed by atoms with Crippen molar-refractivity contribution >= 4 is 11.6 Å². The molecular formula is C16H22ClFO2. The van der Waals surface area contributed by atoms with Crippen molar-refractivity contribution in [2.24, 2.45) is 0 Å². The van der Waals surface area contributed by atoms with Gasteiger partial charge in [-0.05, 0) is 37.5 Å². The Balaban J connectivity index is 2.11. The average Bonchev–Trinajstić information content (AvgIpc) is 2.44. The highest BCUT2D eigenvalue weighted by Crippen LogP contribution is 2.36. The normalized spacial score (nSPS) is 19.8. The van der Waals surface area contributed by atoms with Crippen LogP contribution in [0, 0.1) is 5.82 Å². The van der Waals surface area contributed by atoms with Gasteiger partial charge in [-0.3, -0.25) is 0 Å². The molecule has 2 nitrogen and oxygen atoms in total. The lowest BCUT2D eigenvalue weighted by atomic mass is 9.78. The van der Waals surface area contributed by atoms with Gasteiger partial charge < -0.3 is 9.84 Å². The van der Waals surface area contributed by atoms with Gasteiger partial charge in [0.05, 0.1) is 16.7 Å². The molecule has 1 fully saturated rings. The van der Waals surface area contributed by atoms with Crippen molar-refractivity contribution in [1.82, 2.24) is 0 Å². The maximum absolute atomic E-state index is 13.5. The topological polar surface area (TPSA) is 29.5 Å². The van der Waals surface area contributed by atoms with Gasteiger partial charge in [0.2, 0.25) is 0 Å². The Labute approximate surface area is 124 Å². The van der Waals surface area contributed by atoms with E-state index < -0.39 is 17.5 Å². The Bertz CT molecular complexity index is 439. The first-order valence-electron chi connectivity index (χ1n) is 7.33. The predicted octanol–water partition coefficient (Wildman–Crippen LogP) is 4.12. The molecule has 0 aliphatic heterocycles. The summed E-state index contributed by atoms with van der Waals surface area (Å²) >= 11 is 5.68. The summed E-state index contributed by atoms with van der Waals surface area (Å²) in [5.74, 6) is -0.439. The van der Waals surface area contributed by atoms with Crippen molar-refractivity contribution in [2.75, 3.05) is 6.61 Å². The molecule has 1 saturated carbocycles. The van der Waals surface area contributed by atoms with E-state index in [2.05, 4.69) is 0 Å². The van der Waals surface area contributed by atoms with Crippen LogP contribution in [0.5, 0.6) is 0 Å². The van der Waals surface area contributed by atoms with Crippen LogP contribution in [-0.2, 0) is 11.2 Å². The van der Waals surface area contributed by atoms with Crippen LogP contribution in [0.1, 0.15) is 44.6 Å². The lowest BCUT2D eigenvalue weighted by Gasteiger charge is -2.41. The van der Waals surface area contributed by atoms with Gasteiger partial charge in [-0.15, -0.1) is 0 Å². The first-order valence-corrected chi connectivity index (χ1v) is 7.71. The molecule has 1 atom stereocenters. The van der Waals surface area contributed by atoms with Crippen LogP contribution in [0.25, 0.3) is 0 Å². The van der Waals surface area contributed by atoms with Crippen LogP contribution in [0.3, 0.4) is 0 Å². The standard InChI is InChI=1S/C16H22ClFO2/c1-2-20-16(8-4-3-5-9-16)15(19)11-12-6-7-13(17)14(18)10-12/h6-7,10,15,19H,2-5,8-9,11H2,1H3. The van der Waals surface area contributed by atoms with E-state index in [1.54, 1.807) is 6.07 Å². The van der Waals surface area contributed by atoms with Crippen LogP contribution >= 0.6 is 11.6 Å². The second kappa shape index (κ2) is 6.88. The van der Waals surface area contributed by atoms with Gasteiger partial charge in [0.15, 0.2) is 0 Å². The van der Waals surface area contributed by atoms with E-state index in [0.717, 1.165) is 31.2 Å². The van der Waals surface area contributed by atoms with E-state index in [-0.39, 0.29) is 5.02 Å². The molecule has 1 N–H and O–H groups in total. The van der Waals surface area contributed by atoms with E-state index in [4.69, 9.17) is 16.3 Å². The smallest absolute Gasteiger partial charge is 0.142 e. The third kappa shape index (κ3) is 3.51. The fourth-order valence-corrected chi connectivity index (χ4v) is 3.20. The molecule has 1 unspecified atom stereocenters. The van der Waals surface area contributed by atoms with Gasteiger partial charge in [0.25, 0.3) is 0 Å². The number of hydrogen-bond donors (Lipinski definition) is 1. The molecule has 0 heterocycles. The van der Waals surface area contributed by atoms with Gasteiger partial charge >= 0.3 is 0 Å². The Hall–Kier alpha value is -0.640.